The van der Waals surface area contributed by atoms with Crippen LogP contribution in [-0.4, -0.2) is 26.3 Å². The number of ether oxygens (including phenoxy) is 3. The van der Waals surface area contributed by atoms with Crippen molar-refractivity contribution in [2.75, 3.05) is 26.3 Å². The lowest BCUT2D eigenvalue weighted by Crippen LogP contribution is -2.38. The molecule has 0 saturated carbocycles. The lowest BCUT2D eigenvalue weighted by molar-refractivity contribution is 0.173. The van der Waals surface area contributed by atoms with Gasteiger partial charge in [-0.3, -0.25) is 0 Å². The smallest absolute Gasteiger partial charge is 0.231 e. The van der Waals surface area contributed by atoms with Crippen molar-refractivity contribution in [3.63, 3.8) is 0 Å². The average molecular weight is 336 g/mol. The lowest BCUT2D eigenvalue weighted by atomic mass is 9.81. The molecule has 2 aromatic carbocycles. The van der Waals surface area contributed by atoms with Crippen LogP contribution in [0.1, 0.15) is 27.5 Å². The predicted octanol–water partition coefficient (Wildman–Crippen LogP) is 3.33. The first kappa shape index (κ1) is 9.28. The third-order valence-electron chi connectivity index (χ3n) is 3.90. The molecule has 1 unspecified atom stereocenters. The maximum Gasteiger partial charge on any atom is 0.231 e. The summed E-state index contributed by atoms with van der Waals surface area (Å²) in [4.78, 5) is 0. The molecule has 0 aliphatic carbocycles. The van der Waals surface area contributed by atoms with Gasteiger partial charge in [0.1, 0.15) is 14.3 Å². The topological polar surface area (TPSA) is 39.7 Å². The Morgan fingerprint density at radius 2 is 2.08 bits per heavy atom. The van der Waals surface area contributed by atoms with Gasteiger partial charge in [-0.15, -0.1) is 0 Å². The Labute approximate surface area is 150 Å². The highest BCUT2D eigenvalue weighted by molar-refractivity contribution is 5.46. The molecule has 2 heterocycles. The number of benzene rings is 2. The highest BCUT2D eigenvalue weighted by atomic mass is 19.1. The Morgan fingerprint density at radius 3 is 2.96 bits per heavy atom. The maximum atomic E-state index is 13.4. The zero-order valence-corrected chi connectivity index (χ0v) is 12.6. The van der Waals surface area contributed by atoms with Crippen molar-refractivity contribution in [2.24, 2.45) is 5.89 Å². The van der Waals surface area contributed by atoms with Crippen LogP contribution in [-0.2, 0) is 0 Å². The Bertz CT molecular complexity index is 989. The van der Waals surface area contributed by atoms with Crippen LogP contribution < -0.4 is 19.5 Å². The number of rotatable bonds is 4. The molecule has 0 bridgehead atoms. The molecule has 0 amide bonds. The molecule has 5 heteroatoms. The molecule has 0 aromatic heterocycles. The van der Waals surface area contributed by atoms with Crippen molar-refractivity contribution in [1.29, 1.82) is 0 Å². The van der Waals surface area contributed by atoms with Crippen molar-refractivity contribution >= 4 is 0 Å². The zero-order valence-electron chi connectivity index (χ0n) is 19.6. The van der Waals surface area contributed by atoms with Gasteiger partial charge in [0.25, 0.3) is 0 Å². The number of piperidine rings is 1. The van der Waals surface area contributed by atoms with Gasteiger partial charge in [0, 0.05) is 22.6 Å². The normalized spacial score (nSPS) is 34.5. The minimum absolute atomic E-state index is 0.00260. The van der Waals surface area contributed by atoms with E-state index in [4.69, 9.17) is 23.8 Å². The monoisotopic (exact) mass is 336 g/mol. The van der Waals surface area contributed by atoms with Crippen molar-refractivity contribution < 1.29 is 28.2 Å². The summed E-state index contributed by atoms with van der Waals surface area (Å²) in [5.41, 5.74) is 0.424. The predicted molar refractivity (Wildman–Crippen MR) is 88.2 cm³/mol. The van der Waals surface area contributed by atoms with Crippen LogP contribution in [0.3, 0.4) is 0 Å². The minimum atomic E-state index is -2.85. The zero-order chi connectivity index (χ0) is 22.7. The van der Waals surface area contributed by atoms with E-state index < -0.39 is 37.4 Å². The van der Waals surface area contributed by atoms with E-state index in [-0.39, 0.29) is 30.2 Å². The standard InChI is InChI=1S/C19H20FNO3/c20-15-3-1-13(2-4-15)17-7-8-21-10-14(17)11-22-16-5-6-18-19(9-16)24-12-23-18/h1-6,9,14,17,21H,7-8,10-12H2/t14-,17?/m1/s1/i10D2,11D2,12D2,14D. The SMILES string of the molecule is [2H]C1([2H])Oc2ccc(OC([2H])([2H])[C@]3([2H])C(c4ccc(F)cc4)CCNC3([2H])[2H])cc2O1. The van der Waals surface area contributed by atoms with Crippen molar-refractivity contribution in [1.82, 2.24) is 5.32 Å². The fraction of sp³-hybridized carbons (Fsp3) is 0.368. The molecule has 0 radical (unpaired) electrons. The largest absolute Gasteiger partial charge is 0.493 e. The molecule has 4 nitrogen and oxygen atoms in total. The van der Waals surface area contributed by atoms with Gasteiger partial charge in [-0.1, -0.05) is 12.1 Å². The Hall–Kier alpha value is -2.27. The second-order valence-electron chi connectivity index (χ2n) is 5.46. The number of nitrogens with one attached hydrogen (secondary N) is 1. The highest BCUT2D eigenvalue weighted by Crippen LogP contribution is 2.36. The lowest BCUT2D eigenvalue weighted by Gasteiger charge is -2.32. The fourth-order valence-corrected chi connectivity index (χ4v) is 2.67. The minimum Gasteiger partial charge on any atom is -0.493 e. The van der Waals surface area contributed by atoms with E-state index in [1.807, 2.05) is 0 Å². The molecule has 2 aliphatic heterocycles. The molecular weight excluding hydrogens is 309 g/mol. The van der Waals surface area contributed by atoms with Gasteiger partial charge in [-0.05, 0) is 48.7 Å². The number of hydrogen-bond acceptors (Lipinski definition) is 4. The summed E-state index contributed by atoms with van der Waals surface area (Å²) in [6.45, 7) is -7.50. The van der Waals surface area contributed by atoms with E-state index in [9.17, 15) is 4.39 Å². The summed E-state index contributed by atoms with van der Waals surface area (Å²) in [6.07, 6.45) is 0.235. The van der Waals surface area contributed by atoms with Crippen LogP contribution in [0.4, 0.5) is 4.39 Å². The van der Waals surface area contributed by atoms with Crippen LogP contribution in [0.2, 0.25) is 0 Å². The van der Waals surface area contributed by atoms with Crippen LogP contribution in [0.15, 0.2) is 42.5 Å². The third-order valence-corrected chi connectivity index (χ3v) is 3.90. The first-order valence-electron chi connectivity index (χ1n) is 11.1. The van der Waals surface area contributed by atoms with Crippen molar-refractivity contribution in [3.05, 3.63) is 53.8 Å². The number of hydrogen-bond donors (Lipinski definition) is 1. The third kappa shape index (κ3) is 3.17. The summed E-state index contributed by atoms with van der Waals surface area (Å²) >= 11 is 0. The quantitative estimate of drug-likeness (QED) is 0.930. The van der Waals surface area contributed by atoms with Gasteiger partial charge >= 0.3 is 0 Å². The van der Waals surface area contributed by atoms with Crippen LogP contribution in [0.5, 0.6) is 17.2 Å². The van der Waals surface area contributed by atoms with E-state index >= 15 is 0 Å². The molecule has 0 spiro atoms. The Balaban J connectivity index is 1.70. The fourth-order valence-electron chi connectivity index (χ4n) is 2.67. The van der Waals surface area contributed by atoms with E-state index in [0.717, 1.165) is 0 Å². The second kappa shape index (κ2) is 6.69. The van der Waals surface area contributed by atoms with E-state index in [2.05, 4.69) is 5.32 Å². The van der Waals surface area contributed by atoms with E-state index in [0.29, 0.717) is 5.56 Å². The molecule has 2 aliphatic rings. The van der Waals surface area contributed by atoms with Gasteiger partial charge in [-0.25, -0.2) is 4.39 Å². The first-order chi connectivity index (χ1) is 14.3. The summed E-state index contributed by atoms with van der Waals surface area (Å²) in [6, 6.07) is 9.11. The maximum absolute atomic E-state index is 13.4. The second-order valence-corrected chi connectivity index (χ2v) is 5.46. The summed E-state index contributed by atoms with van der Waals surface area (Å²) in [7, 11) is 0. The average Bonchev–Trinajstić information content (AvgIpc) is 2.97. The van der Waals surface area contributed by atoms with Gasteiger partial charge in [0.2, 0.25) is 6.75 Å². The Kier molecular flexibility index (Phi) is 2.59. The number of fused-ring (bicyclic) bond motifs is 1. The molecule has 1 saturated heterocycles. The number of halogens is 1. The summed E-state index contributed by atoms with van der Waals surface area (Å²) in [5, 5.41) is 2.56. The molecule has 2 aromatic rings. The molecule has 126 valence electrons. The van der Waals surface area contributed by atoms with Gasteiger partial charge < -0.3 is 19.5 Å². The van der Waals surface area contributed by atoms with Crippen molar-refractivity contribution in [2.45, 2.75) is 12.3 Å². The molecule has 24 heavy (non-hydrogen) atoms. The van der Waals surface area contributed by atoms with Crippen LogP contribution in [0, 0.1) is 11.7 Å². The van der Waals surface area contributed by atoms with Crippen LogP contribution in [0.25, 0.3) is 0 Å². The molecule has 4 rings (SSSR count). The van der Waals surface area contributed by atoms with E-state index in [1.54, 1.807) is 0 Å². The first-order valence-corrected chi connectivity index (χ1v) is 7.56. The molecule has 1 N–H and O–H groups in total. The highest BCUT2D eigenvalue weighted by Gasteiger charge is 2.27. The van der Waals surface area contributed by atoms with Crippen molar-refractivity contribution in [3.8, 4) is 17.2 Å². The summed E-state index contributed by atoms with van der Waals surface area (Å²) < 4.78 is 86.7. The molecule has 2 atom stereocenters. The van der Waals surface area contributed by atoms with E-state index in [1.165, 1.54) is 42.5 Å². The summed E-state index contributed by atoms with van der Waals surface area (Å²) in [5.74, 6) is -3.87. The van der Waals surface area contributed by atoms with Crippen LogP contribution >= 0.6 is 0 Å². The van der Waals surface area contributed by atoms with Gasteiger partial charge in [0.15, 0.2) is 11.5 Å². The van der Waals surface area contributed by atoms with Gasteiger partial charge in [-0.2, -0.15) is 0 Å². The molecule has 1 fully saturated rings. The molecular formula is C19H20FNO3. The van der Waals surface area contributed by atoms with Gasteiger partial charge in [0.05, 0.1) is 9.30 Å². The Morgan fingerprint density at radius 1 is 1.25 bits per heavy atom.